The highest BCUT2D eigenvalue weighted by molar-refractivity contribution is 6.24. The smallest absolute Gasteiger partial charge is 0.170 e. The van der Waals surface area contributed by atoms with Gasteiger partial charge in [0.2, 0.25) is 0 Å². The first-order valence-electron chi connectivity index (χ1n) is 15.8. The van der Waals surface area contributed by atoms with Crippen molar-refractivity contribution in [1.29, 1.82) is 0 Å². The fraction of sp³-hybridized carbons (Fsp3) is 0.0238. The van der Waals surface area contributed by atoms with Gasteiger partial charge in [0.05, 0.1) is 0 Å². The van der Waals surface area contributed by atoms with Crippen LogP contribution in [0.5, 0.6) is 0 Å². The van der Waals surface area contributed by atoms with Crippen molar-refractivity contribution in [3.63, 3.8) is 0 Å². The molecule has 2 aromatic heterocycles. The van der Waals surface area contributed by atoms with Gasteiger partial charge in [-0.2, -0.15) is 0 Å². The molecule has 0 saturated carbocycles. The van der Waals surface area contributed by atoms with Gasteiger partial charge in [-0.25, -0.2) is 9.98 Å². The number of benzene rings is 7. The molecule has 5 heteroatoms. The molecule has 47 heavy (non-hydrogen) atoms. The summed E-state index contributed by atoms with van der Waals surface area (Å²) < 4.78 is 6.25. The van der Waals surface area contributed by atoms with E-state index in [9.17, 15) is 0 Å². The molecule has 0 radical (unpaired) electrons. The van der Waals surface area contributed by atoms with E-state index >= 15 is 0 Å². The zero-order valence-corrected chi connectivity index (χ0v) is 25.2. The Morgan fingerprint density at radius 1 is 0.511 bits per heavy atom. The van der Waals surface area contributed by atoms with Crippen LogP contribution in [0.1, 0.15) is 22.9 Å². The molecule has 10 rings (SSSR count). The number of hydrogen-bond acceptors (Lipinski definition) is 5. The quantitative estimate of drug-likeness (QED) is 0.205. The average Bonchev–Trinajstić information content (AvgIpc) is 3.53. The maximum absolute atomic E-state index is 6.25. The Morgan fingerprint density at radius 3 is 2.17 bits per heavy atom. The average molecular weight is 603 g/mol. The number of amidine groups is 2. The van der Waals surface area contributed by atoms with Crippen LogP contribution in [0.2, 0.25) is 0 Å². The molecule has 0 fully saturated rings. The summed E-state index contributed by atoms with van der Waals surface area (Å²) in [5, 5.41) is 15.1. The van der Waals surface area contributed by atoms with Crippen molar-refractivity contribution in [3.05, 3.63) is 163 Å². The number of fused-ring (bicyclic) bond motifs is 9. The topological polar surface area (TPSA) is 62.8 Å². The van der Waals surface area contributed by atoms with E-state index in [1.165, 1.54) is 32.3 Å². The standard InChI is InChI=1S/C42H26N4O/c1-2-10-27-22-28(17-16-25(27)8-1)40-44-41(33-14-7-15-38-39(33)36-24-43-21-20-37(36)47-38)46-42(45-40)35-23-34-29-11-4-3-9-26(29)18-19-32(34)30-12-5-6-13-31(30)35/h1-24,42H,(H,44,45,46). The first kappa shape index (κ1) is 25.9. The molecule has 5 nitrogen and oxygen atoms in total. The second kappa shape index (κ2) is 10.1. The number of furan rings is 1. The lowest BCUT2D eigenvalue weighted by Crippen LogP contribution is -2.36. The number of nitrogens with one attached hydrogen (secondary N) is 1. The SMILES string of the molecule is c1ccc2cc(C3=NC(c4cc5c6ccccc6ccc5c5ccccc45)N=C(c4cccc5oc6ccncc6c45)N3)ccc2c1. The van der Waals surface area contributed by atoms with Crippen molar-refractivity contribution in [2.24, 2.45) is 9.98 Å². The minimum Gasteiger partial charge on any atom is -0.456 e. The van der Waals surface area contributed by atoms with E-state index in [0.29, 0.717) is 0 Å². The van der Waals surface area contributed by atoms with Crippen LogP contribution in [0.25, 0.3) is 65.0 Å². The van der Waals surface area contributed by atoms with Crippen LogP contribution in [0.15, 0.2) is 160 Å². The molecule has 1 unspecified atom stereocenters. The van der Waals surface area contributed by atoms with Crippen LogP contribution in [-0.2, 0) is 0 Å². The van der Waals surface area contributed by atoms with Crippen LogP contribution in [-0.4, -0.2) is 16.7 Å². The lowest BCUT2D eigenvalue weighted by atomic mass is 9.92. The molecule has 7 aromatic carbocycles. The van der Waals surface area contributed by atoms with Gasteiger partial charge in [0.25, 0.3) is 0 Å². The first-order chi connectivity index (χ1) is 23.3. The molecule has 220 valence electrons. The molecule has 1 aliphatic heterocycles. The summed E-state index contributed by atoms with van der Waals surface area (Å²) in [5.74, 6) is 1.52. The van der Waals surface area contributed by atoms with E-state index < -0.39 is 6.17 Å². The number of hydrogen-bond donors (Lipinski definition) is 1. The minimum absolute atomic E-state index is 0.493. The maximum Gasteiger partial charge on any atom is 0.170 e. The number of aliphatic imine (C=N–C) groups is 2. The van der Waals surface area contributed by atoms with Crippen molar-refractivity contribution < 1.29 is 4.42 Å². The second-order valence-corrected chi connectivity index (χ2v) is 12.1. The summed E-state index contributed by atoms with van der Waals surface area (Å²) in [4.78, 5) is 15.2. The monoisotopic (exact) mass is 602 g/mol. The lowest BCUT2D eigenvalue weighted by molar-refractivity contribution is 0.668. The number of aromatic nitrogens is 1. The zero-order valence-electron chi connectivity index (χ0n) is 25.2. The summed E-state index contributed by atoms with van der Waals surface area (Å²) in [5.41, 5.74) is 4.60. The van der Waals surface area contributed by atoms with E-state index in [1.807, 2.05) is 24.4 Å². The molecular formula is C42H26N4O. The first-order valence-corrected chi connectivity index (χ1v) is 15.8. The van der Waals surface area contributed by atoms with Crippen LogP contribution in [0.4, 0.5) is 0 Å². The van der Waals surface area contributed by atoms with Crippen LogP contribution < -0.4 is 5.32 Å². The molecule has 9 aromatic rings. The number of rotatable bonds is 3. The largest absolute Gasteiger partial charge is 0.456 e. The second-order valence-electron chi connectivity index (χ2n) is 12.1. The zero-order chi connectivity index (χ0) is 30.9. The third-order valence-corrected chi connectivity index (χ3v) is 9.39. The molecule has 0 aliphatic carbocycles. The Hall–Kier alpha value is -6.33. The normalized spacial score (nSPS) is 15.0. The van der Waals surface area contributed by atoms with E-state index in [0.717, 1.165) is 61.1 Å². The molecule has 1 N–H and O–H groups in total. The van der Waals surface area contributed by atoms with E-state index in [-0.39, 0.29) is 0 Å². The summed E-state index contributed by atoms with van der Waals surface area (Å²) >= 11 is 0. The number of nitrogens with zero attached hydrogens (tertiary/aromatic N) is 3. The Bertz CT molecular complexity index is 2790. The van der Waals surface area contributed by atoms with Crippen molar-refractivity contribution >= 4 is 76.7 Å². The van der Waals surface area contributed by atoms with Gasteiger partial charge in [0, 0.05) is 39.9 Å². The highest BCUT2D eigenvalue weighted by atomic mass is 16.3. The lowest BCUT2D eigenvalue weighted by Gasteiger charge is -2.24. The van der Waals surface area contributed by atoms with Crippen molar-refractivity contribution in [2.75, 3.05) is 0 Å². The fourth-order valence-electron chi connectivity index (χ4n) is 7.18. The van der Waals surface area contributed by atoms with Gasteiger partial charge in [-0.15, -0.1) is 0 Å². The summed E-state index contributed by atoms with van der Waals surface area (Å²) in [7, 11) is 0. The Labute approximate surface area is 269 Å². The molecule has 3 heterocycles. The van der Waals surface area contributed by atoms with Crippen LogP contribution >= 0.6 is 0 Å². The summed E-state index contributed by atoms with van der Waals surface area (Å²) in [6.45, 7) is 0. The van der Waals surface area contributed by atoms with Crippen LogP contribution in [0.3, 0.4) is 0 Å². The van der Waals surface area contributed by atoms with E-state index in [1.54, 1.807) is 6.20 Å². The van der Waals surface area contributed by atoms with E-state index in [4.69, 9.17) is 14.4 Å². The molecule has 0 saturated heterocycles. The predicted octanol–water partition coefficient (Wildman–Crippen LogP) is 10.1. The molecular weight excluding hydrogens is 576 g/mol. The highest BCUT2D eigenvalue weighted by Crippen LogP contribution is 2.39. The van der Waals surface area contributed by atoms with Crippen molar-refractivity contribution in [2.45, 2.75) is 6.17 Å². The van der Waals surface area contributed by atoms with Crippen molar-refractivity contribution in [1.82, 2.24) is 10.3 Å². The Balaban J connectivity index is 1.26. The van der Waals surface area contributed by atoms with Crippen LogP contribution in [0, 0.1) is 0 Å². The molecule has 0 spiro atoms. The predicted molar refractivity (Wildman–Crippen MR) is 193 cm³/mol. The van der Waals surface area contributed by atoms with Gasteiger partial charge in [0.15, 0.2) is 6.17 Å². The van der Waals surface area contributed by atoms with Gasteiger partial charge in [-0.1, -0.05) is 109 Å². The maximum atomic E-state index is 6.25. The third-order valence-electron chi connectivity index (χ3n) is 9.39. The molecule has 1 aliphatic rings. The molecule has 0 bridgehead atoms. The van der Waals surface area contributed by atoms with Gasteiger partial charge in [0.1, 0.15) is 22.8 Å². The Kier molecular flexibility index (Phi) is 5.57. The fourth-order valence-corrected chi connectivity index (χ4v) is 7.18. The minimum atomic E-state index is -0.493. The third kappa shape index (κ3) is 4.07. The summed E-state index contributed by atoms with van der Waals surface area (Å²) in [6.07, 6.45) is 3.13. The Morgan fingerprint density at radius 2 is 1.26 bits per heavy atom. The van der Waals surface area contributed by atoms with Gasteiger partial charge < -0.3 is 9.73 Å². The molecule has 0 amide bonds. The van der Waals surface area contributed by atoms with Gasteiger partial charge in [-0.3, -0.25) is 4.98 Å². The molecule has 1 atom stereocenters. The number of pyridine rings is 1. The highest BCUT2D eigenvalue weighted by Gasteiger charge is 2.25. The van der Waals surface area contributed by atoms with E-state index in [2.05, 4.69) is 126 Å². The summed E-state index contributed by atoms with van der Waals surface area (Å²) in [6, 6.07) is 46.9. The van der Waals surface area contributed by atoms with Gasteiger partial charge in [-0.05, 0) is 67.4 Å². The van der Waals surface area contributed by atoms with Crippen molar-refractivity contribution in [3.8, 4) is 0 Å². The van der Waals surface area contributed by atoms with Gasteiger partial charge >= 0.3 is 0 Å².